The van der Waals surface area contributed by atoms with Gasteiger partial charge in [-0.25, -0.2) is 0 Å². The molecule has 0 aliphatic heterocycles. The molecule has 0 aliphatic rings. The van der Waals surface area contributed by atoms with Crippen LogP contribution in [0.4, 0.5) is 0 Å². The smallest absolute Gasteiger partial charge is 0.0771 e. The molecule has 0 aliphatic carbocycles. The van der Waals surface area contributed by atoms with E-state index < -0.39 is 6.10 Å². The van der Waals surface area contributed by atoms with E-state index >= 15 is 0 Å². The molecule has 1 unspecified atom stereocenters. The van der Waals surface area contributed by atoms with E-state index in [0.717, 1.165) is 0 Å². The van der Waals surface area contributed by atoms with Gasteiger partial charge in [0, 0.05) is 27.7 Å². The van der Waals surface area contributed by atoms with Crippen LogP contribution in [0.15, 0.2) is 0 Å². The molecular formula is C3H7HgO2. The van der Waals surface area contributed by atoms with Gasteiger partial charge >= 0.3 is 0 Å². The van der Waals surface area contributed by atoms with Crippen molar-refractivity contribution in [2.24, 2.45) is 0 Å². The minimum absolute atomic E-state index is 0. The van der Waals surface area contributed by atoms with Crippen LogP contribution in [0.25, 0.3) is 0 Å². The molecule has 0 aromatic rings. The summed E-state index contributed by atoms with van der Waals surface area (Å²) in [6, 6.07) is 0. The van der Waals surface area contributed by atoms with Crippen molar-refractivity contribution >= 4 is 0 Å². The maximum Gasteiger partial charge on any atom is 0.0771 e. The number of aliphatic hydroxyl groups is 2. The average Bonchev–Trinajstić information content (AvgIpc) is 1.38. The molecule has 1 radical (unpaired) electrons. The van der Waals surface area contributed by atoms with Crippen molar-refractivity contribution in [3.8, 4) is 0 Å². The Morgan fingerprint density at radius 2 is 1.83 bits per heavy atom. The van der Waals surface area contributed by atoms with E-state index in [0.29, 0.717) is 0 Å². The second-order valence-corrected chi connectivity index (χ2v) is 0.836. The molecule has 0 bridgehead atoms. The maximum absolute atomic E-state index is 8.00. The Balaban J connectivity index is 0. The van der Waals surface area contributed by atoms with E-state index in [-0.39, 0.29) is 34.3 Å². The van der Waals surface area contributed by atoms with Crippen molar-refractivity contribution in [3.63, 3.8) is 0 Å². The van der Waals surface area contributed by atoms with Crippen LogP contribution in [0, 0.1) is 6.92 Å². The Bertz CT molecular complexity index is 22.8. The summed E-state index contributed by atoms with van der Waals surface area (Å²) in [5.74, 6) is 0. The zero-order valence-electron chi connectivity index (χ0n) is 3.59. The Morgan fingerprint density at radius 1 is 1.67 bits per heavy atom. The minimum atomic E-state index is -0.810. The Labute approximate surface area is 57.7 Å². The SMILES string of the molecule is [CH2]C(O)CO.[Hg]. The summed E-state index contributed by atoms with van der Waals surface area (Å²) in [6.07, 6.45) is -0.810. The molecule has 0 heterocycles. The van der Waals surface area contributed by atoms with Gasteiger partial charge in [-0.3, -0.25) is 0 Å². The molecule has 0 saturated heterocycles. The molecular weight excluding hydrogens is 269 g/mol. The van der Waals surface area contributed by atoms with Crippen LogP contribution in [-0.2, 0) is 27.7 Å². The first-order valence-electron chi connectivity index (χ1n) is 1.39. The molecule has 1 atom stereocenters. The monoisotopic (exact) mass is 277 g/mol. The first-order valence-corrected chi connectivity index (χ1v) is 1.39. The Morgan fingerprint density at radius 3 is 1.83 bits per heavy atom. The summed E-state index contributed by atoms with van der Waals surface area (Å²) < 4.78 is 0. The predicted octanol–water partition coefficient (Wildman–Crippen LogP) is -0.829. The van der Waals surface area contributed by atoms with E-state index in [1.54, 1.807) is 0 Å². The fourth-order valence-electron chi connectivity index (χ4n) is 0. The first kappa shape index (κ1) is 9.97. The van der Waals surface area contributed by atoms with Crippen LogP contribution in [0.2, 0.25) is 0 Å². The van der Waals surface area contributed by atoms with E-state index in [4.69, 9.17) is 10.2 Å². The summed E-state index contributed by atoms with van der Waals surface area (Å²) in [6.45, 7) is 2.81. The van der Waals surface area contributed by atoms with Crippen LogP contribution in [-0.4, -0.2) is 22.9 Å². The summed E-state index contributed by atoms with van der Waals surface area (Å²) in [5, 5.41) is 15.8. The van der Waals surface area contributed by atoms with Crippen LogP contribution < -0.4 is 0 Å². The summed E-state index contributed by atoms with van der Waals surface area (Å²) >= 11 is 0. The summed E-state index contributed by atoms with van der Waals surface area (Å²) in [5.41, 5.74) is 0. The second kappa shape index (κ2) is 5.86. The van der Waals surface area contributed by atoms with Gasteiger partial charge in [-0.05, 0) is 6.92 Å². The molecule has 2 N–H and O–H groups in total. The van der Waals surface area contributed by atoms with Crippen LogP contribution in [0.1, 0.15) is 0 Å². The van der Waals surface area contributed by atoms with Gasteiger partial charge in [0.05, 0.1) is 12.7 Å². The van der Waals surface area contributed by atoms with Crippen molar-refractivity contribution in [1.82, 2.24) is 0 Å². The third-order valence-electron chi connectivity index (χ3n) is 0.211. The summed E-state index contributed by atoms with van der Waals surface area (Å²) in [7, 11) is 0. The number of hydrogen-bond donors (Lipinski definition) is 2. The summed E-state index contributed by atoms with van der Waals surface area (Å²) in [4.78, 5) is 0. The average molecular weight is 276 g/mol. The molecule has 0 fully saturated rings. The molecule has 0 aromatic carbocycles. The molecule has 0 spiro atoms. The normalized spacial score (nSPS) is 12.5. The van der Waals surface area contributed by atoms with Crippen LogP contribution in [0.5, 0.6) is 0 Å². The van der Waals surface area contributed by atoms with Gasteiger partial charge in [-0.1, -0.05) is 0 Å². The van der Waals surface area contributed by atoms with Gasteiger partial charge in [-0.2, -0.15) is 0 Å². The predicted molar refractivity (Wildman–Crippen MR) is 18.4 cm³/mol. The molecule has 33 valence electrons. The molecule has 0 saturated carbocycles. The number of rotatable bonds is 1. The maximum atomic E-state index is 8.00. The number of hydrogen-bond acceptors (Lipinski definition) is 2. The van der Waals surface area contributed by atoms with Gasteiger partial charge in [0.25, 0.3) is 0 Å². The van der Waals surface area contributed by atoms with Gasteiger partial charge in [0.15, 0.2) is 0 Å². The zero-order chi connectivity index (χ0) is 4.28. The molecule has 0 rings (SSSR count). The quantitative estimate of drug-likeness (QED) is 0.614. The zero-order valence-corrected chi connectivity index (χ0v) is 9.09. The van der Waals surface area contributed by atoms with E-state index in [1.165, 1.54) is 0 Å². The van der Waals surface area contributed by atoms with Gasteiger partial charge in [0.1, 0.15) is 0 Å². The molecule has 6 heavy (non-hydrogen) atoms. The van der Waals surface area contributed by atoms with Gasteiger partial charge < -0.3 is 10.2 Å². The standard InChI is InChI=1S/C3H7O2.Hg/c1-3(5)2-4;/h3-5H,1-2H2;. The third kappa shape index (κ3) is 8.85. The topological polar surface area (TPSA) is 40.5 Å². The van der Waals surface area contributed by atoms with Crippen LogP contribution >= 0.6 is 0 Å². The fourth-order valence-corrected chi connectivity index (χ4v) is 0. The fraction of sp³-hybridized carbons (Fsp3) is 0.667. The van der Waals surface area contributed by atoms with Crippen molar-refractivity contribution in [2.45, 2.75) is 6.10 Å². The molecule has 0 amide bonds. The number of aliphatic hydroxyl groups excluding tert-OH is 2. The molecule has 2 nitrogen and oxygen atoms in total. The van der Waals surface area contributed by atoms with E-state index in [1.807, 2.05) is 0 Å². The largest absolute Gasteiger partial charge is 0.394 e. The van der Waals surface area contributed by atoms with Crippen molar-refractivity contribution < 1.29 is 37.9 Å². The van der Waals surface area contributed by atoms with Gasteiger partial charge in [0.2, 0.25) is 0 Å². The third-order valence-corrected chi connectivity index (χ3v) is 0.211. The van der Waals surface area contributed by atoms with Crippen molar-refractivity contribution in [1.29, 1.82) is 0 Å². The molecule has 0 aromatic heterocycles. The van der Waals surface area contributed by atoms with Crippen molar-refractivity contribution in [2.75, 3.05) is 6.61 Å². The van der Waals surface area contributed by atoms with Gasteiger partial charge in [-0.15, -0.1) is 0 Å². The first-order chi connectivity index (χ1) is 2.27. The second-order valence-electron chi connectivity index (χ2n) is 0.836. The van der Waals surface area contributed by atoms with E-state index in [9.17, 15) is 0 Å². The molecule has 3 heteroatoms. The van der Waals surface area contributed by atoms with Crippen molar-refractivity contribution in [3.05, 3.63) is 6.92 Å². The Hall–Kier alpha value is 0.855. The van der Waals surface area contributed by atoms with E-state index in [2.05, 4.69) is 6.92 Å². The van der Waals surface area contributed by atoms with Crippen LogP contribution in [0.3, 0.4) is 0 Å². The minimum Gasteiger partial charge on any atom is -0.394 e. The Kier molecular flexibility index (Phi) is 9.73.